The standard InChI is InChI=1S/C12H12ClNS.H3N/c1-9-6-7-12(15-9)14(2)11-5-3-4-10(13)8-11;/h3-8H,1-2H3;1H3. The van der Waals surface area contributed by atoms with Crippen LogP contribution in [0.3, 0.4) is 0 Å². The van der Waals surface area contributed by atoms with Gasteiger partial charge in [-0.15, -0.1) is 11.3 Å². The predicted molar refractivity (Wildman–Crippen MR) is 73.6 cm³/mol. The van der Waals surface area contributed by atoms with Crippen molar-refractivity contribution in [2.24, 2.45) is 0 Å². The van der Waals surface area contributed by atoms with Crippen molar-refractivity contribution in [1.82, 2.24) is 6.15 Å². The summed E-state index contributed by atoms with van der Waals surface area (Å²) in [6.07, 6.45) is 0. The number of benzene rings is 1. The van der Waals surface area contributed by atoms with Gasteiger partial charge in [0.05, 0.1) is 5.00 Å². The Morgan fingerprint density at radius 2 is 1.94 bits per heavy atom. The largest absolute Gasteiger partial charge is 0.344 e. The van der Waals surface area contributed by atoms with Crippen molar-refractivity contribution in [3.63, 3.8) is 0 Å². The van der Waals surface area contributed by atoms with Gasteiger partial charge in [0.2, 0.25) is 0 Å². The molecule has 86 valence electrons. The van der Waals surface area contributed by atoms with Gasteiger partial charge in [0.1, 0.15) is 0 Å². The number of hydrogen-bond acceptors (Lipinski definition) is 3. The molecule has 0 radical (unpaired) electrons. The van der Waals surface area contributed by atoms with Gasteiger partial charge in [0.15, 0.2) is 0 Å². The van der Waals surface area contributed by atoms with Gasteiger partial charge in [-0.3, -0.25) is 0 Å². The van der Waals surface area contributed by atoms with Crippen LogP contribution in [0.5, 0.6) is 0 Å². The highest BCUT2D eigenvalue weighted by atomic mass is 35.5. The van der Waals surface area contributed by atoms with Gasteiger partial charge in [-0.2, -0.15) is 0 Å². The summed E-state index contributed by atoms with van der Waals surface area (Å²) in [5, 5.41) is 2.00. The van der Waals surface area contributed by atoms with Crippen LogP contribution in [0.25, 0.3) is 0 Å². The smallest absolute Gasteiger partial charge is 0.0953 e. The Morgan fingerprint density at radius 1 is 1.19 bits per heavy atom. The molecular weight excluding hydrogens is 240 g/mol. The summed E-state index contributed by atoms with van der Waals surface area (Å²) < 4.78 is 0. The molecule has 0 fully saturated rings. The maximum atomic E-state index is 5.96. The molecule has 0 aliphatic rings. The van der Waals surface area contributed by atoms with E-state index in [-0.39, 0.29) is 6.15 Å². The van der Waals surface area contributed by atoms with E-state index in [1.807, 2.05) is 18.2 Å². The highest BCUT2D eigenvalue weighted by Gasteiger charge is 2.05. The maximum absolute atomic E-state index is 5.96. The Labute approximate surface area is 105 Å². The van der Waals surface area contributed by atoms with Crippen molar-refractivity contribution in [3.8, 4) is 0 Å². The SMILES string of the molecule is Cc1ccc(N(C)c2cccc(Cl)c2)s1.N. The van der Waals surface area contributed by atoms with Gasteiger partial charge in [0.25, 0.3) is 0 Å². The van der Waals surface area contributed by atoms with Crippen LogP contribution in [0.4, 0.5) is 10.7 Å². The zero-order chi connectivity index (χ0) is 10.8. The summed E-state index contributed by atoms with van der Waals surface area (Å²) in [6.45, 7) is 2.11. The van der Waals surface area contributed by atoms with Crippen LogP contribution in [0.15, 0.2) is 36.4 Å². The summed E-state index contributed by atoms with van der Waals surface area (Å²) >= 11 is 7.74. The van der Waals surface area contributed by atoms with E-state index >= 15 is 0 Å². The molecule has 0 bridgehead atoms. The third-order valence-electron chi connectivity index (χ3n) is 2.25. The lowest BCUT2D eigenvalue weighted by atomic mass is 10.3. The van der Waals surface area contributed by atoms with Crippen molar-refractivity contribution in [1.29, 1.82) is 0 Å². The van der Waals surface area contributed by atoms with E-state index in [4.69, 9.17) is 11.6 Å². The first-order valence-corrected chi connectivity index (χ1v) is 5.92. The maximum Gasteiger partial charge on any atom is 0.0953 e. The lowest BCUT2D eigenvalue weighted by Gasteiger charge is -2.17. The van der Waals surface area contributed by atoms with Crippen molar-refractivity contribution in [2.75, 3.05) is 11.9 Å². The summed E-state index contributed by atoms with van der Waals surface area (Å²) in [4.78, 5) is 3.46. The van der Waals surface area contributed by atoms with E-state index in [0.717, 1.165) is 10.7 Å². The van der Waals surface area contributed by atoms with Crippen molar-refractivity contribution >= 4 is 33.6 Å². The first kappa shape index (κ1) is 13.0. The Kier molecular flexibility index (Phi) is 4.35. The highest BCUT2D eigenvalue weighted by molar-refractivity contribution is 7.16. The van der Waals surface area contributed by atoms with Crippen LogP contribution in [0.2, 0.25) is 5.02 Å². The first-order chi connectivity index (χ1) is 7.16. The Morgan fingerprint density at radius 3 is 2.50 bits per heavy atom. The quantitative estimate of drug-likeness (QED) is 0.848. The fourth-order valence-electron chi connectivity index (χ4n) is 1.41. The third kappa shape index (κ3) is 2.76. The van der Waals surface area contributed by atoms with Gasteiger partial charge in [-0.1, -0.05) is 17.7 Å². The average molecular weight is 255 g/mol. The lowest BCUT2D eigenvalue weighted by Crippen LogP contribution is -2.07. The highest BCUT2D eigenvalue weighted by Crippen LogP contribution is 2.31. The van der Waals surface area contributed by atoms with Crippen molar-refractivity contribution < 1.29 is 0 Å². The number of aryl methyl sites for hydroxylation is 1. The molecule has 0 aliphatic carbocycles. The zero-order valence-corrected chi connectivity index (χ0v) is 11.0. The van der Waals surface area contributed by atoms with Gasteiger partial charge >= 0.3 is 0 Å². The lowest BCUT2D eigenvalue weighted by molar-refractivity contribution is 1.24. The number of rotatable bonds is 2. The Hall–Kier alpha value is -1.03. The molecule has 2 rings (SSSR count). The van der Waals surface area contributed by atoms with E-state index in [9.17, 15) is 0 Å². The van der Waals surface area contributed by atoms with Crippen LogP contribution in [-0.4, -0.2) is 7.05 Å². The predicted octanol–water partition coefficient (Wildman–Crippen LogP) is 4.64. The summed E-state index contributed by atoms with van der Waals surface area (Å²) in [6, 6.07) is 12.1. The summed E-state index contributed by atoms with van der Waals surface area (Å²) in [5.41, 5.74) is 1.12. The average Bonchev–Trinajstić information content (AvgIpc) is 2.64. The van der Waals surface area contributed by atoms with Gasteiger partial charge in [-0.25, -0.2) is 0 Å². The van der Waals surface area contributed by atoms with Crippen LogP contribution < -0.4 is 11.1 Å². The topological polar surface area (TPSA) is 38.2 Å². The molecule has 3 N–H and O–H groups in total. The van der Waals surface area contributed by atoms with E-state index in [0.29, 0.717) is 0 Å². The van der Waals surface area contributed by atoms with Crippen LogP contribution >= 0.6 is 22.9 Å². The molecule has 0 saturated heterocycles. The zero-order valence-electron chi connectivity index (χ0n) is 9.40. The van der Waals surface area contributed by atoms with E-state index in [1.54, 1.807) is 11.3 Å². The van der Waals surface area contributed by atoms with Gasteiger partial charge in [0, 0.05) is 22.6 Å². The Bertz CT molecular complexity index is 468. The fraction of sp³-hybridized carbons (Fsp3) is 0.167. The minimum Gasteiger partial charge on any atom is -0.344 e. The molecule has 0 amide bonds. The molecule has 1 aromatic heterocycles. The molecule has 0 atom stereocenters. The number of anilines is 2. The monoisotopic (exact) mass is 254 g/mol. The fourth-order valence-corrected chi connectivity index (χ4v) is 2.44. The number of hydrogen-bond donors (Lipinski definition) is 1. The normalized spacial score (nSPS) is 9.69. The number of nitrogens with zero attached hydrogens (tertiary/aromatic N) is 1. The van der Waals surface area contributed by atoms with E-state index in [2.05, 4.69) is 37.1 Å². The Balaban J connectivity index is 0.00000128. The first-order valence-electron chi connectivity index (χ1n) is 4.72. The molecule has 0 unspecified atom stereocenters. The van der Waals surface area contributed by atoms with E-state index in [1.165, 1.54) is 9.88 Å². The third-order valence-corrected chi connectivity index (χ3v) is 3.56. The molecule has 0 spiro atoms. The van der Waals surface area contributed by atoms with Crippen LogP contribution in [-0.2, 0) is 0 Å². The molecule has 0 saturated carbocycles. The molecule has 1 aromatic carbocycles. The molecule has 16 heavy (non-hydrogen) atoms. The van der Waals surface area contributed by atoms with Crippen molar-refractivity contribution in [3.05, 3.63) is 46.3 Å². The minimum absolute atomic E-state index is 0. The molecular formula is C12H15ClN2S. The van der Waals surface area contributed by atoms with Crippen molar-refractivity contribution in [2.45, 2.75) is 6.92 Å². The van der Waals surface area contributed by atoms with Gasteiger partial charge in [-0.05, 0) is 37.3 Å². The summed E-state index contributed by atoms with van der Waals surface area (Å²) in [5.74, 6) is 0. The van der Waals surface area contributed by atoms with Gasteiger partial charge < -0.3 is 11.1 Å². The second-order valence-corrected chi connectivity index (χ2v) is 5.13. The minimum atomic E-state index is 0. The molecule has 4 heteroatoms. The number of halogens is 1. The second kappa shape index (κ2) is 5.34. The molecule has 2 aromatic rings. The van der Waals surface area contributed by atoms with Crippen LogP contribution in [0.1, 0.15) is 4.88 Å². The summed E-state index contributed by atoms with van der Waals surface area (Å²) in [7, 11) is 2.05. The number of thiophene rings is 1. The van der Waals surface area contributed by atoms with E-state index < -0.39 is 0 Å². The molecule has 2 nitrogen and oxygen atoms in total. The molecule has 1 heterocycles. The van der Waals surface area contributed by atoms with Crippen LogP contribution in [0, 0.1) is 6.92 Å². The molecule has 0 aliphatic heterocycles. The second-order valence-electron chi connectivity index (χ2n) is 3.42.